The predicted molar refractivity (Wildman–Crippen MR) is 108 cm³/mol. The van der Waals surface area contributed by atoms with E-state index >= 15 is 0 Å². The third-order valence-corrected chi connectivity index (χ3v) is 5.31. The number of hydrogen-bond donors (Lipinski definition) is 1. The van der Waals surface area contributed by atoms with Gasteiger partial charge < -0.3 is 19.0 Å². The number of rotatable bonds is 8. The number of nitrogens with one attached hydrogen (secondary N) is 1. The van der Waals surface area contributed by atoms with Gasteiger partial charge in [-0.15, -0.1) is 0 Å². The first-order valence-corrected chi connectivity index (χ1v) is 9.97. The van der Waals surface area contributed by atoms with Crippen LogP contribution in [0.15, 0.2) is 77.7 Å². The van der Waals surface area contributed by atoms with Gasteiger partial charge in [0.2, 0.25) is 0 Å². The van der Waals surface area contributed by atoms with Crippen molar-refractivity contribution < 1.29 is 22.1 Å². The summed E-state index contributed by atoms with van der Waals surface area (Å²) in [6.45, 7) is 0.488. The van der Waals surface area contributed by atoms with Crippen LogP contribution in [0.3, 0.4) is 0 Å². The summed E-state index contributed by atoms with van der Waals surface area (Å²) in [6.07, 6.45) is 0. The average Bonchev–Trinajstić information content (AvgIpc) is 2.72. The van der Waals surface area contributed by atoms with E-state index in [1.807, 2.05) is 24.3 Å². The Morgan fingerprint density at radius 3 is 2.32 bits per heavy atom. The van der Waals surface area contributed by atoms with Gasteiger partial charge in [-0.2, -0.15) is 8.42 Å². The number of hydrogen-bond acceptors (Lipinski definition) is 6. The van der Waals surface area contributed by atoms with Gasteiger partial charge in [0.05, 0.1) is 14.2 Å². The van der Waals surface area contributed by atoms with Gasteiger partial charge in [0, 0.05) is 29.9 Å². The van der Waals surface area contributed by atoms with Crippen molar-refractivity contribution in [2.45, 2.75) is 11.4 Å². The normalized spacial score (nSPS) is 10.9. The SMILES string of the molecule is COc1ccc(CNc2cccc(OS(=O)(=O)c3ccccc3)c2)c(OC)c1. The fraction of sp³-hybridized carbons (Fsp3) is 0.143. The van der Waals surface area contributed by atoms with Gasteiger partial charge in [-0.1, -0.05) is 24.3 Å². The van der Waals surface area contributed by atoms with Crippen molar-refractivity contribution >= 4 is 15.8 Å². The van der Waals surface area contributed by atoms with Crippen LogP contribution in [0.4, 0.5) is 5.69 Å². The molecule has 0 atom stereocenters. The van der Waals surface area contributed by atoms with Crippen molar-refractivity contribution in [2.24, 2.45) is 0 Å². The Morgan fingerprint density at radius 2 is 1.61 bits per heavy atom. The van der Waals surface area contributed by atoms with E-state index in [1.54, 1.807) is 50.6 Å². The average molecular weight is 399 g/mol. The Hall–Kier alpha value is -3.19. The van der Waals surface area contributed by atoms with Crippen LogP contribution in [-0.4, -0.2) is 22.6 Å². The highest BCUT2D eigenvalue weighted by atomic mass is 32.2. The van der Waals surface area contributed by atoms with Gasteiger partial charge in [-0.25, -0.2) is 0 Å². The molecule has 0 fully saturated rings. The van der Waals surface area contributed by atoms with Gasteiger partial charge in [-0.3, -0.25) is 0 Å². The first-order chi connectivity index (χ1) is 13.5. The largest absolute Gasteiger partial charge is 0.497 e. The topological polar surface area (TPSA) is 73.9 Å². The smallest absolute Gasteiger partial charge is 0.339 e. The second kappa shape index (κ2) is 8.67. The van der Waals surface area contributed by atoms with Crippen LogP contribution in [0.2, 0.25) is 0 Å². The molecule has 0 amide bonds. The van der Waals surface area contributed by atoms with Crippen LogP contribution in [0.1, 0.15) is 5.56 Å². The number of anilines is 1. The van der Waals surface area contributed by atoms with E-state index in [9.17, 15) is 8.42 Å². The second-order valence-corrected chi connectivity index (χ2v) is 7.46. The minimum absolute atomic E-state index is 0.108. The summed E-state index contributed by atoms with van der Waals surface area (Å²) in [5.74, 6) is 1.64. The van der Waals surface area contributed by atoms with E-state index in [-0.39, 0.29) is 10.6 Å². The molecule has 0 bridgehead atoms. The molecule has 3 rings (SSSR count). The summed E-state index contributed by atoms with van der Waals surface area (Å²) in [5.41, 5.74) is 1.66. The highest BCUT2D eigenvalue weighted by Crippen LogP contribution is 2.26. The van der Waals surface area contributed by atoms with E-state index in [0.717, 1.165) is 11.3 Å². The quantitative estimate of drug-likeness (QED) is 0.575. The second-order valence-electron chi connectivity index (χ2n) is 5.91. The third kappa shape index (κ3) is 4.75. The molecule has 28 heavy (non-hydrogen) atoms. The molecule has 1 N–H and O–H groups in total. The minimum Gasteiger partial charge on any atom is -0.497 e. The monoisotopic (exact) mass is 399 g/mol. The third-order valence-electron chi connectivity index (χ3n) is 4.05. The molecule has 6 nitrogen and oxygen atoms in total. The van der Waals surface area contributed by atoms with Gasteiger partial charge >= 0.3 is 10.1 Å². The maximum absolute atomic E-state index is 12.4. The lowest BCUT2D eigenvalue weighted by atomic mass is 10.2. The summed E-state index contributed by atoms with van der Waals surface area (Å²) >= 11 is 0. The van der Waals surface area contributed by atoms with Crippen LogP contribution in [0.5, 0.6) is 17.2 Å². The Labute approximate surface area is 164 Å². The highest BCUT2D eigenvalue weighted by Gasteiger charge is 2.16. The molecule has 3 aromatic rings. The van der Waals surface area contributed by atoms with Crippen molar-refractivity contribution in [3.8, 4) is 17.2 Å². The van der Waals surface area contributed by atoms with Crippen LogP contribution in [0, 0.1) is 0 Å². The lowest BCUT2D eigenvalue weighted by molar-refractivity contribution is 0.391. The maximum atomic E-state index is 12.4. The summed E-state index contributed by atoms with van der Waals surface area (Å²) < 4.78 is 40.6. The lowest BCUT2D eigenvalue weighted by Gasteiger charge is -2.13. The van der Waals surface area contributed by atoms with Crippen molar-refractivity contribution in [2.75, 3.05) is 19.5 Å². The highest BCUT2D eigenvalue weighted by molar-refractivity contribution is 7.87. The Kier molecular flexibility index (Phi) is 6.06. The standard InChI is InChI=1S/C21H21NO5S/c1-25-18-12-11-16(21(14-18)26-2)15-22-17-7-6-8-19(13-17)27-28(23,24)20-9-4-3-5-10-20/h3-14,22H,15H2,1-2H3. The molecule has 0 aliphatic heterocycles. The molecule has 0 aliphatic carbocycles. The zero-order valence-corrected chi connectivity index (χ0v) is 16.4. The van der Waals surface area contributed by atoms with E-state index in [1.165, 1.54) is 12.1 Å². The first-order valence-electron chi connectivity index (χ1n) is 8.56. The Balaban J connectivity index is 1.72. The fourth-order valence-corrected chi connectivity index (χ4v) is 3.56. The van der Waals surface area contributed by atoms with Crippen LogP contribution < -0.4 is 19.0 Å². The molecule has 0 unspecified atom stereocenters. The van der Waals surface area contributed by atoms with Crippen molar-refractivity contribution in [3.05, 3.63) is 78.4 Å². The molecule has 0 radical (unpaired) electrons. The molecule has 0 heterocycles. The van der Waals surface area contributed by atoms with E-state index in [2.05, 4.69) is 5.32 Å². The number of benzene rings is 3. The maximum Gasteiger partial charge on any atom is 0.339 e. The zero-order valence-electron chi connectivity index (χ0n) is 15.6. The number of ether oxygens (including phenoxy) is 2. The van der Waals surface area contributed by atoms with Gasteiger partial charge in [0.1, 0.15) is 22.1 Å². The van der Waals surface area contributed by atoms with Crippen LogP contribution in [-0.2, 0) is 16.7 Å². The van der Waals surface area contributed by atoms with Gasteiger partial charge in [-0.05, 0) is 36.4 Å². The molecule has 0 spiro atoms. The zero-order chi connectivity index (χ0) is 20.0. The summed E-state index contributed by atoms with van der Waals surface area (Å²) in [5, 5.41) is 3.24. The Bertz CT molecular complexity index is 1040. The molecular weight excluding hydrogens is 378 g/mol. The van der Waals surface area contributed by atoms with E-state index in [0.29, 0.717) is 18.0 Å². The Morgan fingerprint density at radius 1 is 0.821 bits per heavy atom. The summed E-state index contributed by atoms with van der Waals surface area (Å²) in [7, 11) is -0.680. The molecule has 0 saturated carbocycles. The van der Waals surface area contributed by atoms with E-state index < -0.39 is 10.1 Å². The molecule has 7 heteroatoms. The van der Waals surface area contributed by atoms with Crippen molar-refractivity contribution in [1.82, 2.24) is 0 Å². The molecule has 3 aromatic carbocycles. The van der Waals surface area contributed by atoms with Gasteiger partial charge in [0.25, 0.3) is 0 Å². The minimum atomic E-state index is -3.88. The molecular formula is C21H21NO5S. The molecule has 0 aliphatic rings. The van der Waals surface area contributed by atoms with Crippen molar-refractivity contribution in [3.63, 3.8) is 0 Å². The summed E-state index contributed by atoms with van der Waals surface area (Å²) in [6, 6.07) is 20.4. The van der Waals surface area contributed by atoms with Gasteiger partial charge in [0.15, 0.2) is 0 Å². The fourth-order valence-electron chi connectivity index (χ4n) is 2.62. The number of methoxy groups -OCH3 is 2. The predicted octanol–water partition coefficient (Wildman–Crippen LogP) is 4.08. The molecule has 0 aromatic heterocycles. The summed E-state index contributed by atoms with van der Waals surface area (Å²) in [4.78, 5) is 0.108. The van der Waals surface area contributed by atoms with E-state index in [4.69, 9.17) is 13.7 Å². The lowest BCUT2D eigenvalue weighted by Crippen LogP contribution is -2.09. The molecule has 0 saturated heterocycles. The van der Waals surface area contributed by atoms with Crippen molar-refractivity contribution in [1.29, 1.82) is 0 Å². The first kappa shape index (κ1) is 19.6. The van der Waals surface area contributed by atoms with Crippen LogP contribution >= 0.6 is 0 Å². The molecule has 146 valence electrons. The van der Waals surface area contributed by atoms with Crippen LogP contribution in [0.25, 0.3) is 0 Å².